The van der Waals surface area contributed by atoms with Gasteiger partial charge in [-0.3, -0.25) is 9.89 Å². The van der Waals surface area contributed by atoms with Crippen LogP contribution < -0.4 is 14.2 Å². The Kier molecular flexibility index (Phi) is 4.80. The van der Waals surface area contributed by atoms with Crippen LogP contribution in [0.2, 0.25) is 0 Å². The molecule has 1 aromatic heterocycles. The van der Waals surface area contributed by atoms with E-state index in [4.69, 9.17) is 19.3 Å². The Morgan fingerprint density at radius 1 is 1.20 bits per heavy atom. The number of carbonyl (C=O) groups is 1. The molecule has 0 radical (unpaired) electrons. The summed E-state index contributed by atoms with van der Waals surface area (Å²) in [6.45, 7) is 1.23. The van der Waals surface area contributed by atoms with Gasteiger partial charge in [-0.1, -0.05) is 0 Å². The Balaban J connectivity index is 1.86. The van der Waals surface area contributed by atoms with Crippen molar-refractivity contribution in [3.8, 4) is 28.5 Å². The van der Waals surface area contributed by atoms with Gasteiger partial charge in [-0.2, -0.15) is 5.10 Å². The molecule has 2 aromatic rings. The fraction of sp³-hybridized carbons (Fsp3) is 0.412. The molecular formula is C17H21N3O5. The van der Waals surface area contributed by atoms with Crippen LogP contribution in [-0.2, 0) is 0 Å². The average Bonchev–Trinajstić information content (AvgIpc) is 3.09. The van der Waals surface area contributed by atoms with Gasteiger partial charge >= 0.3 is 0 Å². The second-order valence-corrected chi connectivity index (χ2v) is 5.84. The lowest BCUT2D eigenvalue weighted by Gasteiger charge is -2.37. The molecular weight excluding hydrogens is 326 g/mol. The van der Waals surface area contributed by atoms with Crippen molar-refractivity contribution in [1.29, 1.82) is 0 Å². The van der Waals surface area contributed by atoms with Gasteiger partial charge in [-0.15, -0.1) is 0 Å². The molecule has 2 N–H and O–H groups in total. The van der Waals surface area contributed by atoms with Crippen molar-refractivity contribution in [1.82, 2.24) is 15.1 Å². The first kappa shape index (κ1) is 17.1. The van der Waals surface area contributed by atoms with Crippen LogP contribution in [0.5, 0.6) is 17.2 Å². The molecule has 25 heavy (non-hydrogen) atoms. The van der Waals surface area contributed by atoms with E-state index < -0.39 is 0 Å². The molecule has 1 aromatic carbocycles. The van der Waals surface area contributed by atoms with E-state index in [1.165, 1.54) is 7.11 Å². The predicted octanol–water partition coefficient (Wildman–Crippen LogP) is 1.17. The number of nitrogens with zero attached hydrogens (tertiary/aromatic N) is 2. The van der Waals surface area contributed by atoms with Crippen molar-refractivity contribution >= 4 is 5.91 Å². The van der Waals surface area contributed by atoms with Gasteiger partial charge in [0.1, 0.15) is 5.69 Å². The van der Waals surface area contributed by atoms with Crippen LogP contribution in [0.15, 0.2) is 18.2 Å². The van der Waals surface area contributed by atoms with Crippen molar-refractivity contribution < 1.29 is 24.1 Å². The van der Waals surface area contributed by atoms with Crippen LogP contribution in [0.3, 0.4) is 0 Å². The second kappa shape index (κ2) is 7.02. The zero-order chi connectivity index (χ0) is 18.0. The Hall–Kier alpha value is -2.74. The summed E-state index contributed by atoms with van der Waals surface area (Å²) in [4.78, 5) is 14.1. The molecule has 134 valence electrons. The third-order valence-corrected chi connectivity index (χ3v) is 4.27. The van der Waals surface area contributed by atoms with Crippen LogP contribution in [0.1, 0.15) is 10.5 Å². The van der Waals surface area contributed by atoms with E-state index in [0.717, 1.165) is 5.56 Å². The van der Waals surface area contributed by atoms with Gasteiger partial charge in [-0.05, 0) is 18.2 Å². The number of H-pyrrole nitrogens is 1. The highest BCUT2D eigenvalue weighted by molar-refractivity contribution is 5.94. The molecule has 3 rings (SSSR count). The van der Waals surface area contributed by atoms with Crippen LogP contribution in [0.25, 0.3) is 11.3 Å². The maximum absolute atomic E-state index is 12.4. The molecule has 1 aliphatic heterocycles. The molecule has 0 unspecified atom stereocenters. The van der Waals surface area contributed by atoms with Gasteiger partial charge in [0.25, 0.3) is 5.91 Å². The lowest BCUT2D eigenvalue weighted by atomic mass is 10.0. The lowest BCUT2D eigenvalue weighted by molar-refractivity contribution is 0.0356. The van der Waals surface area contributed by atoms with Gasteiger partial charge in [0.2, 0.25) is 5.75 Å². The normalized spacial score (nSPS) is 14.2. The van der Waals surface area contributed by atoms with E-state index in [1.807, 2.05) is 0 Å². The summed E-state index contributed by atoms with van der Waals surface area (Å²) < 4.78 is 16.0. The number of ether oxygens (including phenoxy) is 3. The Morgan fingerprint density at radius 2 is 1.84 bits per heavy atom. The number of aliphatic hydroxyl groups excluding tert-OH is 1. The fourth-order valence-corrected chi connectivity index (χ4v) is 2.83. The van der Waals surface area contributed by atoms with Crippen LogP contribution in [0.4, 0.5) is 0 Å². The molecule has 0 spiro atoms. The highest BCUT2D eigenvalue weighted by Crippen LogP contribution is 2.40. The second-order valence-electron chi connectivity index (χ2n) is 5.84. The van der Waals surface area contributed by atoms with Crippen molar-refractivity contribution in [2.24, 2.45) is 5.92 Å². The number of amides is 1. The molecule has 0 bridgehead atoms. The largest absolute Gasteiger partial charge is 0.493 e. The highest BCUT2D eigenvalue weighted by atomic mass is 16.5. The first-order chi connectivity index (χ1) is 12.1. The Morgan fingerprint density at radius 3 is 2.36 bits per heavy atom. The van der Waals surface area contributed by atoms with Gasteiger partial charge in [0.05, 0.1) is 27.0 Å². The summed E-state index contributed by atoms with van der Waals surface area (Å²) in [5.74, 6) is 1.57. The summed E-state index contributed by atoms with van der Waals surface area (Å²) in [5, 5.41) is 16.1. The Bertz CT molecular complexity index is 742. The van der Waals surface area contributed by atoms with Crippen molar-refractivity contribution in [2.45, 2.75) is 0 Å². The third-order valence-electron chi connectivity index (χ3n) is 4.27. The van der Waals surface area contributed by atoms with E-state index in [0.29, 0.717) is 41.7 Å². The first-order valence-electron chi connectivity index (χ1n) is 7.87. The van der Waals surface area contributed by atoms with Crippen molar-refractivity contribution in [3.63, 3.8) is 0 Å². The zero-order valence-electron chi connectivity index (χ0n) is 14.4. The summed E-state index contributed by atoms with van der Waals surface area (Å²) in [5.41, 5.74) is 1.74. The smallest absolute Gasteiger partial charge is 0.271 e. The molecule has 1 amide bonds. The van der Waals surface area contributed by atoms with E-state index in [-0.39, 0.29) is 18.4 Å². The molecule has 0 atom stereocenters. The number of hydrogen-bond donors (Lipinski definition) is 2. The van der Waals surface area contributed by atoms with E-state index >= 15 is 0 Å². The minimum atomic E-state index is -0.129. The molecule has 0 saturated carbocycles. The SMILES string of the molecule is COc1cc(-c2cc(C(=O)N3CC(CO)C3)[nH]n2)cc(OC)c1OC. The third kappa shape index (κ3) is 3.12. The number of aromatic nitrogens is 2. The van der Waals surface area contributed by atoms with Crippen molar-refractivity contribution in [2.75, 3.05) is 41.0 Å². The van der Waals surface area contributed by atoms with Crippen LogP contribution in [-0.4, -0.2) is 67.1 Å². The molecule has 8 heteroatoms. The average molecular weight is 347 g/mol. The van der Waals surface area contributed by atoms with Crippen LogP contribution in [0, 0.1) is 5.92 Å². The lowest BCUT2D eigenvalue weighted by Crippen LogP contribution is -2.51. The number of benzene rings is 1. The monoisotopic (exact) mass is 347 g/mol. The topological polar surface area (TPSA) is 96.9 Å². The zero-order valence-corrected chi connectivity index (χ0v) is 14.4. The highest BCUT2D eigenvalue weighted by Gasteiger charge is 2.31. The molecule has 0 aliphatic carbocycles. The Labute approximate surface area is 145 Å². The summed E-state index contributed by atoms with van der Waals surface area (Å²) in [6, 6.07) is 5.24. The number of rotatable bonds is 6. The number of aromatic amines is 1. The van der Waals surface area contributed by atoms with Gasteiger partial charge in [0, 0.05) is 31.2 Å². The number of nitrogens with one attached hydrogen (secondary N) is 1. The van der Waals surface area contributed by atoms with Gasteiger partial charge in [0.15, 0.2) is 11.5 Å². The summed E-state index contributed by atoms with van der Waals surface area (Å²) in [6.07, 6.45) is 0. The van der Waals surface area contributed by atoms with E-state index in [1.54, 1.807) is 37.3 Å². The summed E-state index contributed by atoms with van der Waals surface area (Å²) >= 11 is 0. The van der Waals surface area contributed by atoms with Gasteiger partial charge < -0.3 is 24.2 Å². The van der Waals surface area contributed by atoms with Crippen LogP contribution >= 0.6 is 0 Å². The predicted molar refractivity (Wildman–Crippen MR) is 90.2 cm³/mol. The fourth-order valence-electron chi connectivity index (χ4n) is 2.83. The molecule has 1 fully saturated rings. The molecule has 8 nitrogen and oxygen atoms in total. The summed E-state index contributed by atoms with van der Waals surface area (Å²) in [7, 11) is 4.63. The maximum Gasteiger partial charge on any atom is 0.271 e. The molecule has 1 saturated heterocycles. The van der Waals surface area contributed by atoms with E-state index in [9.17, 15) is 4.79 Å². The molecule has 1 aliphatic rings. The minimum Gasteiger partial charge on any atom is -0.493 e. The van der Waals surface area contributed by atoms with Crippen molar-refractivity contribution in [3.05, 3.63) is 23.9 Å². The van der Waals surface area contributed by atoms with E-state index in [2.05, 4.69) is 10.2 Å². The number of aliphatic hydroxyl groups is 1. The van der Waals surface area contributed by atoms with Gasteiger partial charge in [-0.25, -0.2) is 0 Å². The minimum absolute atomic E-state index is 0.101. The first-order valence-corrected chi connectivity index (χ1v) is 7.87. The molecule has 2 heterocycles. The standard InChI is InChI=1S/C17H21N3O5/c1-23-14-4-11(5-15(24-2)16(14)25-3)12-6-13(19-18-12)17(22)20-7-10(8-20)9-21/h4-6,10,21H,7-9H2,1-3H3,(H,18,19). The quantitative estimate of drug-likeness (QED) is 0.814. The number of methoxy groups -OCH3 is 3. The maximum atomic E-state index is 12.4. The number of carbonyl (C=O) groups excluding carboxylic acids is 1. The number of likely N-dealkylation sites (tertiary alicyclic amines) is 1. The number of hydrogen-bond acceptors (Lipinski definition) is 6.